The number of hydrogen-bond acceptors (Lipinski definition) is 4. The predicted octanol–water partition coefficient (Wildman–Crippen LogP) is 2.69. The summed E-state index contributed by atoms with van der Waals surface area (Å²) in [6.07, 6.45) is -5.97. The molecule has 1 heterocycles. The maximum absolute atomic E-state index is 13.3. The number of aliphatic hydroxyl groups is 1. The van der Waals surface area contributed by atoms with E-state index in [9.17, 15) is 27.9 Å². The minimum Gasteiger partial charge on any atom is -0.447 e. The minimum absolute atomic E-state index is 0.169. The number of amides is 2. The Morgan fingerprint density at radius 2 is 2.04 bits per heavy atom. The highest BCUT2D eigenvalue weighted by molar-refractivity contribution is 5.95. The zero-order valence-corrected chi connectivity index (χ0v) is 13.4. The molecule has 0 radical (unpaired) electrons. The van der Waals surface area contributed by atoms with Gasteiger partial charge in [0.15, 0.2) is 5.92 Å². The molecule has 1 fully saturated rings. The fraction of sp³-hybridized carbons (Fsp3) is 0.412. The number of nitrogens with zero attached hydrogens (tertiary/aromatic N) is 1. The molecule has 25 heavy (non-hydrogen) atoms. The molecular weight excluding hydrogens is 339 g/mol. The molecule has 8 heteroatoms. The van der Waals surface area contributed by atoms with Crippen LogP contribution in [0.1, 0.15) is 12.5 Å². The van der Waals surface area contributed by atoms with Crippen LogP contribution in [0.4, 0.5) is 18.0 Å². The molecule has 3 atom stereocenters. The van der Waals surface area contributed by atoms with Gasteiger partial charge >= 0.3 is 12.3 Å². The van der Waals surface area contributed by atoms with E-state index in [0.717, 1.165) is 11.6 Å². The first kappa shape index (κ1) is 19.0. The lowest BCUT2D eigenvalue weighted by atomic mass is 9.97. The van der Waals surface area contributed by atoms with Crippen LogP contribution in [0.2, 0.25) is 0 Å². The quantitative estimate of drug-likeness (QED) is 0.823. The van der Waals surface area contributed by atoms with Crippen LogP contribution in [0, 0.1) is 5.92 Å². The van der Waals surface area contributed by atoms with E-state index >= 15 is 0 Å². The number of benzene rings is 1. The Balaban J connectivity index is 2.27. The second-order valence-corrected chi connectivity index (χ2v) is 5.66. The Morgan fingerprint density at radius 3 is 2.60 bits per heavy atom. The molecule has 0 bridgehead atoms. The van der Waals surface area contributed by atoms with Gasteiger partial charge in [-0.25, -0.2) is 9.69 Å². The van der Waals surface area contributed by atoms with Crippen LogP contribution in [-0.4, -0.2) is 46.9 Å². The van der Waals surface area contributed by atoms with Gasteiger partial charge in [-0.2, -0.15) is 13.2 Å². The molecule has 1 N–H and O–H groups in total. The Kier molecular flexibility index (Phi) is 5.84. The van der Waals surface area contributed by atoms with Crippen molar-refractivity contribution in [3.05, 3.63) is 48.0 Å². The lowest BCUT2D eigenvalue weighted by molar-refractivity contribution is -0.201. The molecule has 0 spiro atoms. The van der Waals surface area contributed by atoms with Crippen molar-refractivity contribution in [1.29, 1.82) is 0 Å². The number of aliphatic hydroxyl groups excluding tert-OH is 1. The number of carbonyl (C=O) groups excluding carboxylic acids is 2. The summed E-state index contributed by atoms with van der Waals surface area (Å²) in [6.45, 7) is 1.23. The lowest BCUT2D eigenvalue weighted by Crippen LogP contribution is -2.51. The van der Waals surface area contributed by atoms with Crippen molar-refractivity contribution >= 4 is 12.0 Å². The highest BCUT2D eigenvalue weighted by atomic mass is 19.4. The van der Waals surface area contributed by atoms with Crippen molar-refractivity contribution in [3.8, 4) is 0 Å². The van der Waals surface area contributed by atoms with Crippen LogP contribution in [-0.2, 0) is 16.0 Å². The molecule has 0 unspecified atom stereocenters. The molecule has 2 amide bonds. The third-order valence-electron chi connectivity index (χ3n) is 3.86. The molecule has 1 aliphatic heterocycles. The van der Waals surface area contributed by atoms with E-state index in [1.165, 1.54) is 13.0 Å². The van der Waals surface area contributed by atoms with Crippen LogP contribution >= 0.6 is 0 Å². The van der Waals surface area contributed by atoms with Gasteiger partial charge in [-0.1, -0.05) is 42.5 Å². The molecule has 0 aromatic heterocycles. The number of ether oxygens (including phenoxy) is 1. The van der Waals surface area contributed by atoms with Gasteiger partial charge in [-0.15, -0.1) is 0 Å². The number of imide groups is 1. The van der Waals surface area contributed by atoms with Gasteiger partial charge in [-0.05, 0) is 18.9 Å². The normalized spacial score (nSPS) is 20.6. The van der Waals surface area contributed by atoms with Crippen LogP contribution in [0.5, 0.6) is 0 Å². The Bertz CT molecular complexity index is 645. The van der Waals surface area contributed by atoms with E-state index in [0.29, 0.717) is 4.90 Å². The van der Waals surface area contributed by atoms with Crippen molar-refractivity contribution in [3.63, 3.8) is 0 Å². The zero-order valence-electron chi connectivity index (χ0n) is 13.4. The van der Waals surface area contributed by atoms with Gasteiger partial charge in [0.25, 0.3) is 0 Å². The minimum atomic E-state index is -5.00. The van der Waals surface area contributed by atoms with Crippen LogP contribution in [0.15, 0.2) is 42.5 Å². The highest BCUT2D eigenvalue weighted by Crippen LogP contribution is 2.33. The van der Waals surface area contributed by atoms with Crippen LogP contribution in [0.3, 0.4) is 0 Å². The maximum Gasteiger partial charge on any atom is 0.417 e. The Labute approximate surface area is 142 Å². The number of allylic oxidation sites excluding steroid dienone is 1. The second kappa shape index (κ2) is 7.69. The summed E-state index contributed by atoms with van der Waals surface area (Å²) in [5, 5.41) is 9.73. The third kappa shape index (κ3) is 4.39. The average Bonchev–Trinajstić information content (AvgIpc) is 2.88. The summed E-state index contributed by atoms with van der Waals surface area (Å²) in [5.74, 6) is -4.24. The van der Waals surface area contributed by atoms with E-state index in [2.05, 4.69) is 0 Å². The highest BCUT2D eigenvalue weighted by Gasteiger charge is 2.53. The number of cyclic esters (lactones) is 1. The molecule has 0 aliphatic carbocycles. The number of rotatable bonds is 5. The molecular formula is C17H18F3NO4. The summed E-state index contributed by atoms with van der Waals surface area (Å²) >= 11 is 0. The van der Waals surface area contributed by atoms with Crippen LogP contribution in [0.25, 0.3) is 0 Å². The standard InChI is InChI=1S/C17H18F3NO4/c1-2-6-13(22)14(17(18,19)20)15(23)21-12(10-25-16(21)24)9-11-7-4-3-5-8-11/h2-8,12-14,22H,9-10H2,1H3/b6-2+/t12-,13-,14-/m0/s1. The molecule has 1 saturated heterocycles. The number of carbonyl (C=O) groups is 2. The predicted molar refractivity (Wildman–Crippen MR) is 82.5 cm³/mol. The van der Waals surface area contributed by atoms with Crippen LogP contribution < -0.4 is 0 Å². The average molecular weight is 357 g/mol. The van der Waals surface area contributed by atoms with Gasteiger partial charge in [0.1, 0.15) is 6.61 Å². The molecule has 1 aromatic carbocycles. The van der Waals surface area contributed by atoms with Gasteiger partial charge in [-0.3, -0.25) is 4.79 Å². The number of halogens is 3. The van der Waals surface area contributed by atoms with Gasteiger partial charge in [0, 0.05) is 0 Å². The Morgan fingerprint density at radius 1 is 1.40 bits per heavy atom. The first-order valence-corrected chi connectivity index (χ1v) is 7.67. The van der Waals surface area contributed by atoms with Crippen molar-refractivity contribution in [2.45, 2.75) is 31.7 Å². The SMILES string of the molecule is C/C=C/[C@H](O)[C@@H](C(=O)N1C(=O)OC[C@@H]1Cc1ccccc1)C(F)(F)F. The van der Waals surface area contributed by atoms with E-state index < -0.39 is 36.2 Å². The van der Waals surface area contributed by atoms with E-state index in [1.54, 1.807) is 30.3 Å². The van der Waals surface area contributed by atoms with Crippen molar-refractivity contribution in [2.24, 2.45) is 5.92 Å². The van der Waals surface area contributed by atoms with Crippen molar-refractivity contribution < 1.29 is 32.6 Å². The fourth-order valence-electron chi connectivity index (χ4n) is 2.70. The van der Waals surface area contributed by atoms with E-state index in [4.69, 9.17) is 4.74 Å². The first-order chi connectivity index (χ1) is 11.8. The van der Waals surface area contributed by atoms with Gasteiger partial charge < -0.3 is 9.84 Å². The number of hydrogen-bond donors (Lipinski definition) is 1. The van der Waals surface area contributed by atoms with E-state index in [-0.39, 0.29) is 13.0 Å². The molecule has 0 saturated carbocycles. The van der Waals surface area contributed by atoms with E-state index in [1.807, 2.05) is 0 Å². The molecule has 2 rings (SSSR count). The topological polar surface area (TPSA) is 66.8 Å². The molecule has 1 aliphatic rings. The summed E-state index contributed by atoms with van der Waals surface area (Å²) < 4.78 is 44.6. The smallest absolute Gasteiger partial charge is 0.417 e. The summed E-state index contributed by atoms with van der Waals surface area (Å²) in [5.41, 5.74) is 0.751. The van der Waals surface area contributed by atoms with Gasteiger partial charge in [0.2, 0.25) is 5.91 Å². The Hall–Kier alpha value is -2.35. The maximum atomic E-state index is 13.3. The second-order valence-electron chi connectivity index (χ2n) is 5.66. The zero-order chi connectivity index (χ0) is 18.6. The fourth-order valence-corrected chi connectivity index (χ4v) is 2.70. The molecule has 136 valence electrons. The summed E-state index contributed by atoms with van der Waals surface area (Å²) in [6, 6.07) is 7.88. The largest absolute Gasteiger partial charge is 0.447 e. The lowest BCUT2D eigenvalue weighted by Gasteiger charge is -2.28. The molecule has 5 nitrogen and oxygen atoms in total. The number of alkyl halides is 3. The van der Waals surface area contributed by atoms with Gasteiger partial charge in [0.05, 0.1) is 12.1 Å². The third-order valence-corrected chi connectivity index (χ3v) is 3.86. The molecule has 1 aromatic rings. The first-order valence-electron chi connectivity index (χ1n) is 7.67. The van der Waals surface area contributed by atoms with Crippen molar-refractivity contribution in [2.75, 3.05) is 6.61 Å². The van der Waals surface area contributed by atoms with Crippen molar-refractivity contribution in [1.82, 2.24) is 4.90 Å². The summed E-state index contributed by atoms with van der Waals surface area (Å²) in [4.78, 5) is 24.7. The summed E-state index contributed by atoms with van der Waals surface area (Å²) in [7, 11) is 0. The monoisotopic (exact) mass is 357 g/mol.